The number of hydrogen-bond donors (Lipinski definition) is 1. The molecule has 3 rings (SSSR count). The first-order valence-electron chi connectivity index (χ1n) is 7.84. The van der Waals surface area contributed by atoms with Gasteiger partial charge in [0.1, 0.15) is 0 Å². The number of aryl methyl sites for hydroxylation is 1. The Morgan fingerprint density at radius 2 is 1.78 bits per heavy atom. The zero-order valence-corrected chi connectivity index (χ0v) is 14.3. The molecule has 1 aromatic carbocycles. The molecular formula is C16H22N4O2S. The van der Waals surface area contributed by atoms with Gasteiger partial charge < -0.3 is 0 Å². The largest absolute Gasteiger partial charge is 0.279 e. The monoisotopic (exact) mass is 334 g/mol. The Hall–Kier alpha value is -1.70. The summed E-state index contributed by atoms with van der Waals surface area (Å²) in [5, 5.41) is 4.55. The van der Waals surface area contributed by atoms with Gasteiger partial charge in [-0.25, -0.2) is 4.68 Å². The Morgan fingerprint density at radius 3 is 2.43 bits per heavy atom. The summed E-state index contributed by atoms with van der Waals surface area (Å²) in [6.45, 7) is 5.36. The minimum atomic E-state index is -3.40. The zero-order valence-electron chi connectivity index (χ0n) is 13.5. The number of nitrogens with one attached hydrogen (secondary N) is 1. The summed E-state index contributed by atoms with van der Waals surface area (Å²) in [6.07, 6.45) is 1.87. The maximum Gasteiger partial charge on any atom is 0.279 e. The van der Waals surface area contributed by atoms with Gasteiger partial charge in [-0.15, -0.1) is 0 Å². The van der Waals surface area contributed by atoms with Crippen molar-refractivity contribution in [1.29, 1.82) is 0 Å². The van der Waals surface area contributed by atoms with Crippen molar-refractivity contribution in [2.45, 2.75) is 33.2 Å². The van der Waals surface area contributed by atoms with Gasteiger partial charge in [-0.05, 0) is 38.8 Å². The quantitative estimate of drug-likeness (QED) is 0.908. The average Bonchev–Trinajstić information content (AvgIpc) is 3.16. The Bertz CT molecular complexity index is 778. The van der Waals surface area contributed by atoms with Crippen LogP contribution in [0.5, 0.6) is 0 Å². The van der Waals surface area contributed by atoms with Crippen molar-refractivity contribution in [1.82, 2.24) is 18.8 Å². The smallest absolute Gasteiger partial charge is 0.238 e. The predicted octanol–water partition coefficient (Wildman–Crippen LogP) is 1.92. The SMILES string of the molecule is Cc1nn(-c2ccccc2)c(C)c1CNS(=O)(=O)N1CCCC1. The van der Waals surface area contributed by atoms with E-state index in [9.17, 15) is 8.42 Å². The number of benzene rings is 1. The summed E-state index contributed by atoms with van der Waals surface area (Å²) < 4.78 is 30.7. The van der Waals surface area contributed by atoms with Gasteiger partial charge in [-0.2, -0.15) is 22.5 Å². The van der Waals surface area contributed by atoms with E-state index in [4.69, 9.17) is 0 Å². The highest BCUT2D eigenvalue weighted by atomic mass is 32.2. The first-order chi connectivity index (χ1) is 11.0. The summed E-state index contributed by atoms with van der Waals surface area (Å²) >= 11 is 0. The lowest BCUT2D eigenvalue weighted by Crippen LogP contribution is -2.38. The van der Waals surface area contributed by atoms with Crippen LogP contribution in [-0.4, -0.2) is 35.6 Å². The minimum Gasteiger partial charge on any atom is -0.238 e. The maximum absolute atomic E-state index is 12.3. The molecule has 0 atom stereocenters. The molecule has 7 heteroatoms. The standard InChI is InChI=1S/C16H22N4O2S/c1-13-16(12-17-23(21,22)19-10-6-7-11-19)14(2)20(18-13)15-8-4-3-5-9-15/h3-5,8-9,17H,6-7,10-12H2,1-2H3. The predicted molar refractivity (Wildman–Crippen MR) is 89.6 cm³/mol. The summed E-state index contributed by atoms with van der Waals surface area (Å²) in [5.41, 5.74) is 3.70. The molecule has 0 bridgehead atoms. The third-order valence-corrected chi connectivity index (χ3v) is 5.83. The second kappa shape index (κ2) is 6.43. The molecule has 0 amide bonds. The van der Waals surface area contributed by atoms with Gasteiger partial charge in [0, 0.05) is 30.9 Å². The van der Waals surface area contributed by atoms with Gasteiger partial charge in [-0.3, -0.25) is 0 Å². The highest BCUT2D eigenvalue weighted by Crippen LogP contribution is 2.18. The van der Waals surface area contributed by atoms with Crippen molar-refractivity contribution in [3.05, 3.63) is 47.3 Å². The molecule has 0 radical (unpaired) electrons. The molecule has 0 spiro atoms. The fraction of sp³-hybridized carbons (Fsp3) is 0.438. The highest BCUT2D eigenvalue weighted by Gasteiger charge is 2.25. The van der Waals surface area contributed by atoms with Crippen LogP contribution in [0.25, 0.3) is 5.69 Å². The molecule has 1 aliphatic rings. The fourth-order valence-electron chi connectivity index (χ4n) is 2.93. The molecule has 1 N–H and O–H groups in total. The molecule has 0 aliphatic carbocycles. The third kappa shape index (κ3) is 3.31. The summed E-state index contributed by atoms with van der Waals surface area (Å²) in [4.78, 5) is 0. The van der Waals surface area contributed by atoms with Crippen LogP contribution in [-0.2, 0) is 16.8 Å². The molecule has 1 saturated heterocycles. The van der Waals surface area contributed by atoms with Gasteiger partial charge in [0.15, 0.2) is 0 Å². The molecule has 23 heavy (non-hydrogen) atoms. The lowest BCUT2D eigenvalue weighted by atomic mass is 10.2. The highest BCUT2D eigenvalue weighted by molar-refractivity contribution is 7.87. The Labute approximate surface area is 137 Å². The lowest BCUT2D eigenvalue weighted by Gasteiger charge is -2.16. The molecule has 1 aromatic heterocycles. The third-order valence-electron chi connectivity index (χ3n) is 4.28. The van der Waals surface area contributed by atoms with E-state index in [1.54, 1.807) is 0 Å². The first kappa shape index (κ1) is 16.2. The van der Waals surface area contributed by atoms with E-state index in [1.807, 2.05) is 48.9 Å². The lowest BCUT2D eigenvalue weighted by molar-refractivity contribution is 0.464. The normalized spacial score (nSPS) is 16.1. The van der Waals surface area contributed by atoms with Gasteiger partial charge in [0.25, 0.3) is 10.2 Å². The van der Waals surface area contributed by atoms with Crippen LogP contribution in [0, 0.1) is 13.8 Å². The van der Waals surface area contributed by atoms with E-state index in [2.05, 4.69) is 9.82 Å². The Balaban J connectivity index is 1.80. The van der Waals surface area contributed by atoms with Crippen molar-refractivity contribution in [2.24, 2.45) is 0 Å². The number of rotatable bonds is 5. The van der Waals surface area contributed by atoms with Crippen LogP contribution in [0.1, 0.15) is 29.8 Å². The number of para-hydroxylation sites is 1. The van der Waals surface area contributed by atoms with E-state index in [1.165, 1.54) is 4.31 Å². The van der Waals surface area contributed by atoms with Crippen molar-refractivity contribution in [2.75, 3.05) is 13.1 Å². The van der Waals surface area contributed by atoms with Crippen molar-refractivity contribution in [3.8, 4) is 5.69 Å². The van der Waals surface area contributed by atoms with Crippen molar-refractivity contribution < 1.29 is 8.42 Å². The second-order valence-corrected chi connectivity index (χ2v) is 7.58. The zero-order chi connectivity index (χ0) is 16.4. The molecule has 124 valence electrons. The van der Waals surface area contributed by atoms with Crippen molar-refractivity contribution in [3.63, 3.8) is 0 Å². The summed E-state index contributed by atoms with van der Waals surface area (Å²) in [5.74, 6) is 0. The number of hydrogen-bond acceptors (Lipinski definition) is 3. The van der Waals surface area contributed by atoms with E-state index in [0.29, 0.717) is 13.1 Å². The maximum atomic E-state index is 12.3. The molecule has 0 saturated carbocycles. The van der Waals surface area contributed by atoms with Gasteiger partial charge in [0.2, 0.25) is 0 Å². The fourth-order valence-corrected chi connectivity index (χ4v) is 4.18. The van der Waals surface area contributed by atoms with Crippen LogP contribution in [0.3, 0.4) is 0 Å². The Kier molecular flexibility index (Phi) is 4.52. The molecule has 2 heterocycles. The molecule has 2 aromatic rings. The van der Waals surface area contributed by atoms with E-state index < -0.39 is 10.2 Å². The number of nitrogens with zero attached hydrogens (tertiary/aromatic N) is 3. The van der Waals surface area contributed by atoms with E-state index in [0.717, 1.165) is 35.5 Å². The van der Waals surface area contributed by atoms with Crippen LogP contribution in [0.2, 0.25) is 0 Å². The second-order valence-electron chi connectivity index (χ2n) is 5.83. The first-order valence-corrected chi connectivity index (χ1v) is 9.28. The van der Waals surface area contributed by atoms with Crippen LogP contribution >= 0.6 is 0 Å². The van der Waals surface area contributed by atoms with Crippen LogP contribution < -0.4 is 4.72 Å². The molecular weight excluding hydrogens is 312 g/mol. The molecule has 1 fully saturated rings. The van der Waals surface area contributed by atoms with Gasteiger partial charge in [-0.1, -0.05) is 18.2 Å². The Morgan fingerprint density at radius 1 is 1.13 bits per heavy atom. The topological polar surface area (TPSA) is 67.2 Å². The van der Waals surface area contributed by atoms with Crippen LogP contribution in [0.4, 0.5) is 0 Å². The van der Waals surface area contributed by atoms with Crippen molar-refractivity contribution >= 4 is 10.2 Å². The van der Waals surface area contributed by atoms with Crippen LogP contribution in [0.15, 0.2) is 30.3 Å². The van der Waals surface area contributed by atoms with Gasteiger partial charge in [0.05, 0.1) is 11.4 Å². The molecule has 0 unspecified atom stereocenters. The average molecular weight is 334 g/mol. The minimum absolute atomic E-state index is 0.267. The molecule has 6 nitrogen and oxygen atoms in total. The van der Waals surface area contributed by atoms with Gasteiger partial charge >= 0.3 is 0 Å². The molecule has 1 aliphatic heterocycles. The number of aromatic nitrogens is 2. The van der Waals surface area contributed by atoms with E-state index >= 15 is 0 Å². The van der Waals surface area contributed by atoms with E-state index in [-0.39, 0.29) is 6.54 Å². The summed E-state index contributed by atoms with van der Waals surface area (Å²) in [7, 11) is -3.40. The summed E-state index contributed by atoms with van der Waals surface area (Å²) in [6, 6.07) is 9.85.